The Bertz CT molecular complexity index is 773. The monoisotopic (exact) mass is 393 g/mol. The molecule has 1 aliphatic heterocycles. The summed E-state index contributed by atoms with van der Waals surface area (Å²) in [6.45, 7) is 9.73. The van der Waals surface area contributed by atoms with Gasteiger partial charge in [-0.25, -0.2) is 4.79 Å². The molecule has 1 fully saturated rings. The van der Waals surface area contributed by atoms with Crippen LogP contribution in [0.1, 0.15) is 45.0 Å². The van der Waals surface area contributed by atoms with Crippen LogP contribution in [0.25, 0.3) is 0 Å². The highest BCUT2D eigenvalue weighted by Crippen LogP contribution is 2.29. The number of amides is 2. The minimum absolute atomic E-state index is 0.0951. The highest BCUT2D eigenvalue weighted by Gasteiger charge is 2.38. The van der Waals surface area contributed by atoms with Crippen LogP contribution in [0.5, 0.6) is 5.75 Å². The maximum absolute atomic E-state index is 13.0. The maximum atomic E-state index is 13.0. The number of hydrogen-bond donors (Lipinski definition) is 0. The van der Waals surface area contributed by atoms with Gasteiger partial charge in [0, 0.05) is 30.8 Å². The summed E-state index contributed by atoms with van der Waals surface area (Å²) in [6.07, 6.45) is -0.418. The molecule has 1 saturated heterocycles. The molecule has 1 aliphatic rings. The van der Waals surface area contributed by atoms with Gasteiger partial charge in [0.1, 0.15) is 5.60 Å². The molecule has 0 N–H and O–H groups in total. The Kier molecular flexibility index (Phi) is 6.16. The number of carbonyl (C=O) groups is 2. The third-order valence-corrected chi connectivity index (χ3v) is 4.77. The second-order valence-electron chi connectivity index (χ2n) is 7.80. The van der Waals surface area contributed by atoms with E-state index in [0.29, 0.717) is 13.1 Å². The minimum atomic E-state index is -0.602. The standard InChI is InChI=1S/C19H27N3O6/c1-12-13(2)21(18(24)28-19(3,4)5)10-9-20(12)17(23)14-7-8-16(27-6)15(11-14)22(25)26/h7-8,11-13H,9-10H2,1-6H3/t12-,13-/m0/s1. The van der Waals surface area contributed by atoms with E-state index in [1.165, 1.54) is 25.3 Å². The average molecular weight is 393 g/mol. The summed E-state index contributed by atoms with van der Waals surface area (Å²) >= 11 is 0. The molecular weight excluding hydrogens is 366 g/mol. The predicted molar refractivity (Wildman–Crippen MR) is 103 cm³/mol. The van der Waals surface area contributed by atoms with E-state index in [1.807, 2.05) is 13.8 Å². The van der Waals surface area contributed by atoms with Crippen molar-refractivity contribution in [1.82, 2.24) is 9.80 Å². The van der Waals surface area contributed by atoms with Gasteiger partial charge in [0.25, 0.3) is 5.91 Å². The van der Waals surface area contributed by atoms with E-state index >= 15 is 0 Å². The maximum Gasteiger partial charge on any atom is 0.410 e. The van der Waals surface area contributed by atoms with Crippen LogP contribution in [-0.4, -0.2) is 64.6 Å². The fourth-order valence-electron chi connectivity index (χ4n) is 3.14. The van der Waals surface area contributed by atoms with E-state index in [2.05, 4.69) is 0 Å². The lowest BCUT2D eigenvalue weighted by atomic mass is 10.0. The van der Waals surface area contributed by atoms with E-state index in [-0.39, 0.29) is 35.0 Å². The molecule has 1 aromatic rings. The van der Waals surface area contributed by atoms with Crippen LogP contribution in [0.3, 0.4) is 0 Å². The van der Waals surface area contributed by atoms with Crippen LogP contribution in [-0.2, 0) is 4.74 Å². The molecule has 0 spiro atoms. The zero-order chi connectivity index (χ0) is 21.2. The van der Waals surface area contributed by atoms with Gasteiger partial charge in [0.2, 0.25) is 0 Å². The molecule has 0 aliphatic carbocycles. The zero-order valence-corrected chi connectivity index (χ0v) is 17.1. The molecule has 0 unspecified atom stereocenters. The van der Waals surface area contributed by atoms with Crippen LogP contribution in [0.15, 0.2) is 18.2 Å². The van der Waals surface area contributed by atoms with Crippen molar-refractivity contribution in [3.8, 4) is 5.75 Å². The summed E-state index contributed by atoms with van der Waals surface area (Å²) < 4.78 is 10.4. The molecule has 1 aromatic carbocycles. The van der Waals surface area contributed by atoms with Crippen LogP contribution in [0.2, 0.25) is 0 Å². The normalized spacial score (nSPS) is 19.9. The Balaban J connectivity index is 2.19. The van der Waals surface area contributed by atoms with Crippen molar-refractivity contribution in [1.29, 1.82) is 0 Å². The molecule has 0 bridgehead atoms. The van der Waals surface area contributed by atoms with Crippen molar-refractivity contribution in [2.75, 3.05) is 20.2 Å². The first-order chi connectivity index (χ1) is 13.0. The first kappa shape index (κ1) is 21.5. The van der Waals surface area contributed by atoms with Crippen LogP contribution in [0.4, 0.5) is 10.5 Å². The molecule has 28 heavy (non-hydrogen) atoms. The molecule has 0 radical (unpaired) electrons. The molecule has 1 heterocycles. The number of rotatable bonds is 3. The fourth-order valence-corrected chi connectivity index (χ4v) is 3.14. The van der Waals surface area contributed by atoms with Crippen LogP contribution >= 0.6 is 0 Å². The van der Waals surface area contributed by atoms with E-state index in [4.69, 9.17) is 9.47 Å². The van der Waals surface area contributed by atoms with E-state index in [0.717, 1.165) is 0 Å². The molecule has 9 nitrogen and oxygen atoms in total. The molecule has 2 atom stereocenters. The van der Waals surface area contributed by atoms with E-state index in [9.17, 15) is 19.7 Å². The Morgan fingerprint density at radius 2 is 1.71 bits per heavy atom. The highest BCUT2D eigenvalue weighted by molar-refractivity contribution is 5.95. The Labute approximate surface area is 164 Å². The third kappa shape index (κ3) is 4.52. The van der Waals surface area contributed by atoms with Gasteiger partial charge in [-0.2, -0.15) is 0 Å². The topological polar surface area (TPSA) is 102 Å². The van der Waals surface area contributed by atoms with Gasteiger partial charge in [-0.3, -0.25) is 14.9 Å². The summed E-state index contributed by atoms with van der Waals surface area (Å²) in [7, 11) is 1.34. The van der Waals surface area contributed by atoms with Gasteiger partial charge >= 0.3 is 11.8 Å². The van der Waals surface area contributed by atoms with Gasteiger partial charge in [0.15, 0.2) is 5.75 Å². The molecule has 0 saturated carbocycles. The number of nitrogens with zero attached hydrogens (tertiary/aromatic N) is 3. The Morgan fingerprint density at radius 1 is 1.14 bits per heavy atom. The number of nitro benzene ring substituents is 1. The molecule has 154 valence electrons. The molecular formula is C19H27N3O6. The van der Waals surface area contributed by atoms with Gasteiger partial charge < -0.3 is 19.3 Å². The van der Waals surface area contributed by atoms with Crippen molar-refractivity contribution in [3.05, 3.63) is 33.9 Å². The average Bonchev–Trinajstić information content (AvgIpc) is 2.61. The first-order valence-corrected chi connectivity index (χ1v) is 9.09. The number of benzene rings is 1. The number of carbonyl (C=O) groups excluding carboxylic acids is 2. The largest absolute Gasteiger partial charge is 0.490 e. The first-order valence-electron chi connectivity index (χ1n) is 9.09. The quantitative estimate of drug-likeness (QED) is 0.578. The van der Waals surface area contributed by atoms with Gasteiger partial charge in [-0.1, -0.05) is 0 Å². The number of piperazine rings is 1. The Hall–Kier alpha value is -2.84. The summed E-state index contributed by atoms with van der Waals surface area (Å²) in [5.41, 5.74) is -0.659. The van der Waals surface area contributed by atoms with E-state index in [1.54, 1.807) is 30.6 Å². The zero-order valence-electron chi connectivity index (χ0n) is 17.1. The van der Waals surface area contributed by atoms with Crippen molar-refractivity contribution < 1.29 is 24.0 Å². The Morgan fingerprint density at radius 3 is 2.25 bits per heavy atom. The second kappa shape index (κ2) is 8.04. The minimum Gasteiger partial charge on any atom is -0.490 e. The summed E-state index contributed by atoms with van der Waals surface area (Å²) in [6, 6.07) is 3.59. The number of hydrogen-bond acceptors (Lipinski definition) is 6. The van der Waals surface area contributed by atoms with Crippen molar-refractivity contribution in [3.63, 3.8) is 0 Å². The summed E-state index contributed by atoms with van der Waals surface area (Å²) in [5.74, 6) is -0.230. The molecule has 2 amide bonds. The number of ether oxygens (including phenoxy) is 2. The SMILES string of the molecule is COc1ccc(C(=O)N2CCN(C(=O)OC(C)(C)C)[C@@H](C)[C@@H]2C)cc1[N+](=O)[O-]. The third-order valence-electron chi connectivity index (χ3n) is 4.77. The van der Waals surface area contributed by atoms with Gasteiger partial charge in [-0.05, 0) is 46.8 Å². The second-order valence-corrected chi connectivity index (χ2v) is 7.80. The van der Waals surface area contributed by atoms with Gasteiger partial charge in [0.05, 0.1) is 18.1 Å². The molecule has 0 aromatic heterocycles. The lowest BCUT2D eigenvalue weighted by Gasteiger charge is -2.45. The van der Waals surface area contributed by atoms with Gasteiger partial charge in [-0.15, -0.1) is 0 Å². The highest BCUT2D eigenvalue weighted by atomic mass is 16.6. The van der Waals surface area contributed by atoms with E-state index < -0.39 is 16.6 Å². The van der Waals surface area contributed by atoms with Crippen molar-refractivity contribution in [2.45, 2.75) is 52.3 Å². The van der Waals surface area contributed by atoms with Crippen LogP contribution in [0, 0.1) is 10.1 Å². The van der Waals surface area contributed by atoms with Crippen molar-refractivity contribution in [2.24, 2.45) is 0 Å². The smallest absolute Gasteiger partial charge is 0.410 e. The number of nitro groups is 1. The number of methoxy groups -OCH3 is 1. The molecule has 9 heteroatoms. The lowest BCUT2D eigenvalue weighted by molar-refractivity contribution is -0.385. The summed E-state index contributed by atoms with van der Waals surface area (Å²) in [4.78, 5) is 39.3. The summed E-state index contributed by atoms with van der Waals surface area (Å²) in [5, 5.41) is 11.2. The fraction of sp³-hybridized carbons (Fsp3) is 0.579. The predicted octanol–water partition coefficient (Wildman–Crippen LogP) is 3.07. The lowest BCUT2D eigenvalue weighted by Crippen LogP contribution is -2.60. The van der Waals surface area contributed by atoms with Crippen LogP contribution < -0.4 is 4.74 Å². The molecule has 2 rings (SSSR count). The van der Waals surface area contributed by atoms with Crippen molar-refractivity contribution >= 4 is 17.7 Å².